The number of hydrogen-bond acceptors (Lipinski definition) is 4. The number of nitrogens with one attached hydrogen (secondary N) is 1. The van der Waals surface area contributed by atoms with Gasteiger partial charge in [0.15, 0.2) is 0 Å². The summed E-state index contributed by atoms with van der Waals surface area (Å²) in [6.07, 6.45) is 6.20. The second kappa shape index (κ2) is 9.68. The number of nitrogens with zero attached hydrogens (tertiary/aromatic N) is 1. The van der Waals surface area contributed by atoms with Crippen LogP contribution >= 0.6 is 27.3 Å². The van der Waals surface area contributed by atoms with E-state index in [1.54, 1.807) is 0 Å². The van der Waals surface area contributed by atoms with E-state index < -0.39 is 5.91 Å². The van der Waals surface area contributed by atoms with Crippen LogP contribution < -0.4 is 11.1 Å². The molecule has 2 aromatic carbocycles. The fourth-order valence-corrected chi connectivity index (χ4v) is 6.29. The number of amides is 2. The highest BCUT2D eigenvalue weighted by molar-refractivity contribution is 9.10. The Morgan fingerprint density at radius 1 is 0.971 bits per heavy atom. The van der Waals surface area contributed by atoms with E-state index in [9.17, 15) is 9.59 Å². The Hall–Kier alpha value is -3.03. The van der Waals surface area contributed by atoms with Gasteiger partial charge in [-0.25, -0.2) is 4.98 Å². The Morgan fingerprint density at radius 2 is 1.76 bits per heavy atom. The number of carbonyl (C=O) groups excluding carboxylic acids is 2. The lowest BCUT2D eigenvalue weighted by molar-refractivity contribution is 0.100. The Balaban J connectivity index is 1.58. The van der Waals surface area contributed by atoms with Crippen molar-refractivity contribution in [3.63, 3.8) is 0 Å². The summed E-state index contributed by atoms with van der Waals surface area (Å²) in [4.78, 5) is 32.0. The minimum Gasteiger partial charge on any atom is -0.365 e. The Kier molecular flexibility index (Phi) is 6.48. The fourth-order valence-electron chi connectivity index (χ4n) is 4.60. The van der Waals surface area contributed by atoms with Crippen LogP contribution in [0, 0.1) is 0 Å². The lowest BCUT2D eigenvalue weighted by Crippen LogP contribution is -2.18. The summed E-state index contributed by atoms with van der Waals surface area (Å²) in [6.45, 7) is 0. The number of pyridine rings is 1. The molecule has 2 heterocycles. The molecule has 4 aromatic rings. The van der Waals surface area contributed by atoms with Crippen molar-refractivity contribution in [1.29, 1.82) is 0 Å². The van der Waals surface area contributed by atoms with Crippen LogP contribution in [-0.2, 0) is 12.8 Å². The van der Waals surface area contributed by atoms with Crippen molar-refractivity contribution in [3.8, 4) is 11.3 Å². The molecule has 0 unspecified atom stereocenters. The number of aryl methyl sites for hydroxylation is 1. The first-order valence-corrected chi connectivity index (χ1v) is 13.0. The summed E-state index contributed by atoms with van der Waals surface area (Å²) in [7, 11) is 0. The van der Waals surface area contributed by atoms with Crippen molar-refractivity contribution in [2.24, 2.45) is 5.73 Å². The van der Waals surface area contributed by atoms with Crippen molar-refractivity contribution in [2.75, 3.05) is 5.32 Å². The minimum absolute atomic E-state index is 0.272. The maximum Gasteiger partial charge on any atom is 0.257 e. The second-order valence-corrected chi connectivity index (χ2v) is 10.5. The number of para-hydroxylation sites is 1. The highest BCUT2D eigenvalue weighted by Crippen LogP contribution is 2.37. The molecule has 5 rings (SSSR count). The van der Waals surface area contributed by atoms with Crippen LogP contribution in [0.1, 0.15) is 56.8 Å². The van der Waals surface area contributed by atoms with Gasteiger partial charge in [-0.15, -0.1) is 11.3 Å². The number of primary amides is 1. The standard InChI is InChI=1S/C27H24BrN3O2S/c28-17-9-7-8-16(14-17)22-15-20(18-10-5-6-12-21(18)30-22)26(33)31-27-24(25(29)32)19-11-3-1-2-4-13-23(19)34-27/h5-10,12,14-15H,1-4,11,13H2,(H2,29,32)(H,31,33). The van der Waals surface area contributed by atoms with Crippen molar-refractivity contribution in [3.05, 3.63) is 80.6 Å². The number of rotatable bonds is 4. The highest BCUT2D eigenvalue weighted by atomic mass is 79.9. The van der Waals surface area contributed by atoms with Gasteiger partial charge < -0.3 is 11.1 Å². The molecule has 2 aromatic heterocycles. The van der Waals surface area contributed by atoms with E-state index in [1.165, 1.54) is 22.6 Å². The van der Waals surface area contributed by atoms with Gasteiger partial charge in [0.2, 0.25) is 0 Å². The number of fused-ring (bicyclic) bond motifs is 2. The molecule has 172 valence electrons. The van der Waals surface area contributed by atoms with Gasteiger partial charge in [-0.1, -0.05) is 59.1 Å². The van der Waals surface area contributed by atoms with Crippen LogP contribution in [-0.4, -0.2) is 16.8 Å². The van der Waals surface area contributed by atoms with Crippen molar-refractivity contribution >= 4 is 55.0 Å². The highest BCUT2D eigenvalue weighted by Gasteiger charge is 2.25. The third-order valence-electron chi connectivity index (χ3n) is 6.23. The predicted octanol–water partition coefficient (Wildman–Crippen LogP) is 6.74. The molecule has 5 nitrogen and oxygen atoms in total. The molecular formula is C27H24BrN3O2S. The molecule has 2 amide bonds. The van der Waals surface area contributed by atoms with Crippen LogP contribution in [0.4, 0.5) is 5.00 Å². The molecule has 1 aliphatic carbocycles. The van der Waals surface area contributed by atoms with Gasteiger partial charge in [0.05, 0.1) is 22.3 Å². The van der Waals surface area contributed by atoms with E-state index in [0.717, 1.165) is 58.6 Å². The number of benzene rings is 2. The zero-order valence-electron chi connectivity index (χ0n) is 18.6. The molecule has 34 heavy (non-hydrogen) atoms. The normalized spacial score (nSPS) is 13.7. The number of nitrogens with two attached hydrogens (primary N) is 1. The molecule has 0 radical (unpaired) electrons. The molecule has 1 aliphatic rings. The third-order valence-corrected chi connectivity index (χ3v) is 7.93. The quantitative estimate of drug-likeness (QED) is 0.304. The van der Waals surface area contributed by atoms with Gasteiger partial charge in [-0.05, 0) is 55.5 Å². The first-order chi connectivity index (χ1) is 16.5. The first kappa shape index (κ1) is 22.7. The Bertz CT molecular complexity index is 1410. The Labute approximate surface area is 210 Å². The summed E-state index contributed by atoms with van der Waals surface area (Å²) in [6, 6.07) is 17.2. The van der Waals surface area contributed by atoms with Crippen molar-refractivity contribution in [1.82, 2.24) is 4.98 Å². The summed E-state index contributed by atoms with van der Waals surface area (Å²) >= 11 is 5.00. The van der Waals surface area contributed by atoms with Gasteiger partial charge in [-0.3, -0.25) is 9.59 Å². The molecule has 0 bridgehead atoms. The number of halogens is 1. The second-order valence-electron chi connectivity index (χ2n) is 8.52. The maximum absolute atomic E-state index is 13.6. The van der Waals surface area contributed by atoms with Gasteiger partial charge in [0, 0.05) is 20.3 Å². The van der Waals surface area contributed by atoms with Crippen LogP contribution in [0.2, 0.25) is 0 Å². The van der Waals surface area contributed by atoms with Crippen molar-refractivity contribution < 1.29 is 9.59 Å². The molecule has 0 atom stereocenters. The van der Waals surface area contributed by atoms with E-state index in [-0.39, 0.29) is 5.91 Å². The number of thiophene rings is 1. The van der Waals surface area contributed by atoms with Gasteiger partial charge in [0.25, 0.3) is 11.8 Å². The minimum atomic E-state index is -0.484. The molecule has 0 spiro atoms. The monoisotopic (exact) mass is 533 g/mol. The summed E-state index contributed by atoms with van der Waals surface area (Å²) in [5.74, 6) is -0.755. The molecule has 7 heteroatoms. The SMILES string of the molecule is NC(=O)c1c(NC(=O)c2cc(-c3cccc(Br)c3)nc3ccccc23)sc2c1CCCCCC2. The van der Waals surface area contributed by atoms with E-state index in [1.807, 2.05) is 54.6 Å². The largest absolute Gasteiger partial charge is 0.365 e. The molecule has 3 N–H and O–H groups in total. The van der Waals surface area contributed by atoms with Crippen LogP contribution in [0.25, 0.3) is 22.2 Å². The zero-order valence-corrected chi connectivity index (χ0v) is 21.0. The zero-order chi connectivity index (χ0) is 23.7. The fraction of sp³-hybridized carbons (Fsp3) is 0.222. The summed E-state index contributed by atoms with van der Waals surface area (Å²) in [5.41, 5.74) is 10.1. The number of aromatic nitrogens is 1. The summed E-state index contributed by atoms with van der Waals surface area (Å²) < 4.78 is 0.938. The average molecular weight is 534 g/mol. The van der Waals surface area contributed by atoms with Crippen LogP contribution in [0.5, 0.6) is 0 Å². The van der Waals surface area contributed by atoms with E-state index in [0.29, 0.717) is 21.8 Å². The molecule has 0 saturated carbocycles. The first-order valence-electron chi connectivity index (χ1n) is 11.4. The smallest absolute Gasteiger partial charge is 0.257 e. The van der Waals surface area contributed by atoms with Gasteiger partial charge in [-0.2, -0.15) is 0 Å². The van der Waals surface area contributed by atoms with Crippen molar-refractivity contribution in [2.45, 2.75) is 38.5 Å². The lowest BCUT2D eigenvalue weighted by atomic mass is 9.96. The van der Waals surface area contributed by atoms with Crippen LogP contribution in [0.15, 0.2) is 59.1 Å². The van der Waals surface area contributed by atoms with E-state index in [4.69, 9.17) is 10.7 Å². The number of carbonyl (C=O) groups is 2. The average Bonchev–Trinajstić information content (AvgIpc) is 3.14. The van der Waals surface area contributed by atoms with Gasteiger partial charge >= 0.3 is 0 Å². The molecule has 0 saturated heterocycles. The summed E-state index contributed by atoms with van der Waals surface area (Å²) in [5, 5.41) is 4.34. The lowest BCUT2D eigenvalue weighted by Gasteiger charge is -2.11. The van der Waals surface area contributed by atoms with E-state index >= 15 is 0 Å². The maximum atomic E-state index is 13.6. The van der Waals surface area contributed by atoms with E-state index in [2.05, 4.69) is 21.2 Å². The molecule has 0 aliphatic heterocycles. The number of hydrogen-bond donors (Lipinski definition) is 2. The predicted molar refractivity (Wildman–Crippen MR) is 142 cm³/mol. The van der Waals surface area contributed by atoms with Crippen LogP contribution in [0.3, 0.4) is 0 Å². The Morgan fingerprint density at radius 3 is 2.56 bits per heavy atom. The third kappa shape index (κ3) is 4.50. The van der Waals surface area contributed by atoms with Gasteiger partial charge in [0.1, 0.15) is 5.00 Å². The molecule has 0 fully saturated rings. The topological polar surface area (TPSA) is 85.1 Å². The molecular weight excluding hydrogens is 510 g/mol. The number of anilines is 1.